The molecule has 2 fully saturated rings. The number of esters is 1. The number of Topliss-reactive ketones (excluding diaryl/α,β-unsaturated/α-hetero) is 1. The minimum atomic E-state index is -0.220. The molecule has 0 N–H and O–H groups in total. The van der Waals surface area contributed by atoms with Crippen molar-refractivity contribution in [3.8, 4) is 0 Å². The Balaban J connectivity index is 2.22. The first kappa shape index (κ1) is 9.19. The summed E-state index contributed by atoms with van der Waals surface area (Å²) in [4.78, 5) is 23.1. The van der Waals surface area contributed by atoms with E-state index >= 15 is 0 Å². The molecule has 2 aliphatic carbocycles. The molecule has 2 saturated carbocycles. The van der Waals surface area contributed by atoms with Gasteiger partial charge >= 0.3 is 5.97 Å². The van der Waals surface area contributed by atoms with Gasteiger partial charge in [-0.2, -0.15) is 0 Å². The maximum atomic E-state index is 11.4. The number of halogens is 1. The maximum absolute atomic E-state index is 11.4. The van der Waals surface area contributed by atoms with Crippen LogP contribution < -0.4 is 0 Å². The molecule has 0 aromatic rings. The molecule has 2 rings (SSSR count). The van der Waals surface area contributed by atoms with Crippen molar-refractivity contribution >= 4 is 27.7 Å². The fourth-order valence-electron chi connectivity index (χ4n) is 2.53. The first-order chi connectivity index (χ1) is 6.15. The number of hydrogen-bond acceptors (Lipinski definition) is 3. The van der Waals surface area contributed by atoms with Crippen LogP contribution in [0.1, 0.15) is 12.8 Å². The van der Waals surface area contributed by atoms with Gasteiger partial charge in [0, 0.05) is 17.2 Å². The Morgan fingerprint density at radius 3 is 2.77 bits per heavy atom. The summed E-state index contributed by atoms with van der Waals surface area (Å²) in [6, 6.07) is 0. The van der Waals surface area contributed by atoms with E-state index in [1.165, 1.54) is 7.11 Å². The summed E-state index contributed by atoms with van der Waals surface area (Å²) in [5.74, 6) is -0.0763. The van der Waals surface area contributed by atoms with Gasteiger partial charge in [0.05, 0.1) is 13.0 Å². The van der Waals surface area contributed by atoms with Gasteiger partial charge in [-0.3, -0.25) is 9.59 Å². The highest BCUT2D eigenvalue weighted by Crippen LogP contribution is 2.50. The van der Waals surface area contributed by atoms with Crippen LogP contribution in [0.25, 0.3) is 0 Å². The van der Waals surface area contributed by atoms with Crippen molar-refractivity contribution < 1.29 is 14.3 Å². The van der Waals surface area contributed by atoms with E-state index < -0.39 is 0 Å². The Labute approximate surface area is 85.0 Å². The fourth-order valence-corrected chi connectivity index (χ4v) is 3.45. The molecule has 0 unspecified atom stereocenters. The molecule has 0 saturated heterocycles. The Bertz CT molecular complexity index is 264. The summed E-state index contributed by atoms with van der Waals surface area (Å²) in [6.07, 6.45) is 1.34. The average Bonchev–Trinajstić information content (AvgIpc) is 2.57. The zero-order chi connectivity index (χ0) is 9.59. The van der Waals surface area contributed by atoms with Gasteiger partial charge in [0.1, 0.15) is 5.78 Å². The molecule has 0 amide bonds. The predicted octanol–water partition coefficient (Wildman–Crippen LogP) is 1.15. The molecular formula is C9H11BrO3. The SMILES string of the molecule is COC(=O)[C@H]1[C@H]2CC(=O)[C@H]1C[C@H]2Br. The molecule has 4 atom stereocenters. The molecule has 4 heteroatoms. The third-order valence-electron chi connectivity index (χ3n) is 3.16. The van der Waals surface area contributed by atoms with E-state index in [-0.39, 0.29) is 29.5 Å². The summed E-state index contributed by atoms with van der Waals surface area (Å²) in [5.41, 5.74) is 0. The van der Waals surface area contributed by atoms with Crippen molar-refractivity contribution in [1.82, 2.24) is 0 Å². The molecule has 2 aliphatic rings. The van der Waals surface area contributed by atoms with Gasteiger partial charge in [-0.05, 0) is 12.3 Å². The van der Waals surface area contributed by atoms with Crippen LogP contribution >= 0.6 is 15.9 Å². The summed E-state index contributed by atoms with van der Waals surface area (Å²) in [6.45, 7) is 0. The Hall–Kier alpha value is -0.380. The third kappa shape index (κ3) is 1.23. The quantitative estimate of drug-likeness (QED) is 0.515. The lowest BCUT2D eigenvalue weighted by atomic mass is 9.98. The number of methoxy groups -OCH3 is 1. The summed E-state index contributed by atoms with van der Waals surface area (Å²) in [5, 5.41) is 0. The Morgan fingerprint density at radius 1 is 1.62 bits per heavy atom. The van der Waals surface area contributed by atoms with Gasteiger partial charge in [0.2, 0.25) is 0 Å². The number of alkyl halides is 1. The zero-order valence-corrected chi connectivity index (χ0v) is 8.91. The van der Waals surface area contributed by atoms with Crippen molar-refractivity contribution in [2.45, 2.75) is 17.7 Å². The second-order valence-electron chi connectivity index (χ2n) is 3.74. The highest BCUT2D eigenvalue weighted by Gasteiger charge is 2.55. The van der Waals surface area contributed by atoms with E-state index in [0.29, 0.717) is 11.2 Å². The van der Waals surface area contributed by atoms with E-state index in [1.54, 1.807) is 0 Å². The van der Waals surface area contributed by atoms with Crippen molar-refractivity contribution in [2.24, 2.45) is 17.8 Å². The smallest absolute Gasteiger partial charge is 0.309 e. The highest BCUT2D eigenvalue weighted by atomic mass is 79.9. The molecule has 0 spiro atoms. The molecule has 0 radical (unpaired) electrons. The topological polar surface area (TPSA) is 43.4 Å². The first-order valence-corrected chi connectivity index (χ1v) is 5.31. The number of fused-ring (bicyclic) bond motifs is 2. The largest absolute Gasteiger partial charge is 0.469 e. The van der Waals surface area contributed by atoms with E-state index in [4.69, 9.17) is 4.74 Å². The van der Waals surface area contributed by atoms with Crippen LogP contribution in [0.4, 0.5) is 0 Å². The Morgan fingerprint density at radius 2 is 2.31 bits per heavy atom. The molecule has 2 bridgehead atoms. The molecule has 0 heterocycles. The lowest BCUT2D eigenvalue weighted by Gasteiger charge is -2.13. The van der Waals surface area contributed by atoms with Crippen LogP contribution in [0, 0.1) is 17.8 Å². The molecule has 13 heavy (non-hydrogen) atoms. The number of carbonyl (C=O) groups is 2. The van der Waals surface area contributed by atoms with Crippen molar-refractivity contribution in [3.05, 3.63) is 0 Å². The summed E-state index contributed by atoms with van der Waals surface area (Å²) < 4.78 is 4.70. The van der Waals surface area contributed by atoms with E-state index in [0.717, 1.165) is 6.42 Å². The van der Waals surface area contributed by atoms with Crippen molar-refractivity contribution in [3.63, 3.8) is 0 Å². The molecule has 72 valence electrons. The normalized spacial score (nSPS) is 42.5. The molecule has 0 aliphatic heterocycles. The standard InChI is InChI=1S/C9H11BrO3/c1-13-9(12)8-4-3-7(11)5(8)2-6(4)10/h4-6,8H,2-3H2,1H3/t4-,5+,6+,8-/m0/s1. The van der Waals surface area contributed by atoms with Crippen LogP contribution in [0.15, 0.2) is 0 Å². The monoisotopic (exact) mass is 246 g/mol. The lowest BCUT2D eigenvalue weighted by Crippen LogP contribution is -2.22. The van der Waals surface area contributed by atoms with Gasteiger partial charge in [-0.1, -0.05) is 15.9 Å². The average molecular weight is 247 g/mol. The van der Waals surface area contributed by atoms with E-state index in [1.807, 2.05) is 0 Å². The second kappa shape index (κ2) is 3.08. The van der Waals surface area contributed by atoms with Crippen molar-refractivity contribution in [2.75, 3.05) is 7.11 Å². The minimum absolute atomic E-state index is 0.0816. The van der Waals surface area contributed by atoms with Crippen LogP contribution in [-0.2, 0) is 14.3 Å². The highest BCUT2D eigenvalue weighted by molar-refractivity contribution is 9.09. The van der Waals surface area contributed by atoms with Crippen LogP contribution in [0.3, 0.4) is 0 Å². The van der Waals surface area contributed by atoms with Gasteiger partial charge in [-0.25, -0.2) is 0 Å². The molecule has 3 nitrogen and oxygen atoms in total. The number of rotatable bonds is 1. The Kier molecular flexibility index (Phi) is 2.18. The molecule has 0 aromatic heterocycles. The van der Waals surface area contributed by atoms with Crippen LogP contribution in [0.2, 0.25) is 0 Å². The van der Waals surface area contributed by atoms with Gasteiger partial charge in [0.25, 0.3) is 0 Å². The minimum Gasteiger partial charge on any atom is -0.469 e. The van der Waals surface area contributed by atoms with Gasteiger partial charge in [0.15, 0.2) is 0 Å². The number of carbonyl (C=O) groups excluding carboxylic acids is 2. The van der Waals surface area contributed by atoms with Crippen LogP contribution in [0.5, 0.6) is 0 Å². The van der Waals surface area contributed by atoms with Crippen LogP contribution in [-0.4, -0.2) is 23.7 Å². The maximum Gasteiger partial charge on any atom is 0.309 e. The number of hydrogen-bond donors (Lipinski definition) is 0. The number of ether oxygens (including phenoxy) is 1. The zero-order valence-electron chi connectivity index (χ0n) is 7.33. The third-order valence-corrected chi connectivity index (χ3v) is 4.22. The molecular weight excluding hydrogens is 236 g/mol. The lowest BCUT2D eigenvalue weighted by molar-refractivity contribution is -0.147. The molecule has 0 aromatic carbocycles. The first-order valence-electron chi connectivity index (χ1n) is 4.39. The fraction of sp³-hybridized carbons (Fsp3) is 0.778. The van der Waals surface area contributed by atoms with Crippen molar-refractivity contribution in [1.29, 1.82) is 0 Å². The van der Waals surface area contributed by atoms with Gasteiger partial charge < -0.3 is 4.74 Å². The van der Waals surface area contributed by atoms with Gasteiger partial charge in [-0.15, -0.1) is 0 Å². The predicted molar refractivity (Wildman–Crippen MR) is 49.4 cm³/mol. The summed E-state index contributed by atoms with van der Waals surface area (Å²) >= 11 is 3.50. The number of ketones is 1. The summed E-state index contributed by atoms with van der Waals surface area (Å²) in [7, 11) is 1.38. The van der Waals surface area contributed by atoms with E-state index in [9.17, 15) is 9.59 Å². The second-order valence-corrected chi connectivity index (χ2v) is 4.92. The van der Waals surface area contributed by atoms with E-state index in [2.05, 4.69) is 15.9 Å².